The molecular weight excluding hydrogens is 408 g/mol. The number of hydrogen-bond donors (Lipinski definition) is 0. The Labute approximate surface area is 181 Å². The summed E-state index contributed by atoms with van der Waals surface area (Å²) >= 11 is 0. The minimum absolute atomic E-state index is 0.0655. The number of halogens is 2. The van der Waals surface area contributed by atoms with Crippen LogP contribution in [0.3, 0.4) is 0 Å². The molecule has 6 nitrogen and oxygen atoms in total. The molecule has 2 atom stereocenters. The van der Waals surface area contributed by atoms with Crippen molar-refractivity contribution in [2.24, 2.45) is 5.41 Å². The highest BCUT2D eigenvalue weighted by Gasteiger charge is 2.48. The van der Waals surface area contributed by atoms with Crippen LogP contribution in [0.5, 0.6) is 0 Å². The molecule has 0 saturated carbocycles. The monoisotopic (exact) mass is 437 g/mol. The number of ether oxygens (including phenoxy) is 2. The van der Waals surface area contributed by atoms with E-state index in [0.717, 1.165) is 12.1 Å². The summed E-state index contributed by atoms with van der Waals surface area (Å²) in [6.45, 7) is 10.2. The van der Waals surface area contributed by atoms with Gasteiger partial charge in [0.1, 0.15) is 17.2 Å². The van der Waals surface area contributed by atoms with Crippen LogP contribution < -0.4 is 0 Å². The summed E-state index contributed by atoms with van der Waals surface area (Å²) in [5.74, 6) is -3.12. The molecule has 0 spiro atoms. The Balaban J connectivity index is 2.23. The third kappa shape index (κ3) is 5.68. The molecule has 1 aromatic rings. The van der Waals surface area contributed by atoms with E-state index in [1.165, 1.54) is 6.08 Å². The quantitative estimate of drug-likeness (QED) is 0.474. The van der Waals surface area contributed by atoms with E-state index < -0.39 is 52.7 Å². The zero-order valence-corrected chi connectivity index (χ0v) is 18.8. The molecule has 0 aromatic heterocycles. The Kier molecular flexibility index (Phi) is 7.24. The number of ketones is 1. The fraction of sp³-hybridized carbons (Fsp3) is 0.522. The van der Waals surface area contributed by atoms with Crippen LogP contribution in [-0.4, -0.2) is 47.5 Å². The van der Waals surface area contributed by atoms with E-state index in [9.17, 15) is 23.2 Å². The predicted octanol–water partition coefficient (Wildman–Crippen LogP) is 4.76. The molecule has 170 valence electrons. The van der Waals surface area contributed by atoms with Gasteiger partial charge in [-0.2, -0.15) is 0 Å². The Hall–Kier alpha value is -2.77. The number of Topliss-reactive ketones (excluding diaryl/α,β-unsaturated/α-hetero) is 1. The van der Waals surface area contributed by atoms with Gasteiger partial charge in [-0.05, 0) is 39.8 Å². The summed E-state index contributed by atoms with van der Waals surface area (Å²) < 4.78 is 39.0. The fourth-order valence-corrected chi connectivity index (χ4v) is 3.22. The zero-order chi connectivity index (χ0) is 23.6. The van der Waals surface area contributed by atoms with Crippen molar-refractivity contribution in [3.05, 3.63) is 41.0 Å². The molecule has 1 heterocycles. The van der Waals surface area contributed by atoms with Crippen LogP contribution in [0.25, 0.3) is 6.08 Å². The van der Waals surface area contributed by atoms with Gasteiger partial charge in [0.05, 0.1) is 5.56 Å². The standard InChI is InChI=1S/C23H29F2NO5/c1-7-19(28)30-12-18(27)20-15(16(24)8-9-17(20)25)10-11-23(6)13-26(14(23)2)21(29)31-22(3,4)5/h8-11,14H,7,12-13H2,1-6H3. The lowest BCUT2D eigenvalue weighted by molar-refractivity contribution is -0.142. The molecule has 8 heteroatoms. The van der Waals surface area contributed by atoms with Crippen molar-refractivity contribution in [3.8, 4) is 0 Å². The van der Waals surface area contributed by atoms with Gasteiger partial charge in [0, 0.05) is 30.0 Å². The summed E-state index contributed by atoms with van der Waals surface area (Å²) in [6.07, 6.45) is 2.62. The van der Waals surface area contributed by atoms with E-state index in [0.29, 0.717) is 6.54 Å². The van der Waals surface area contributed by atoms with E-state index in [2.05, 4.69) is 0 Å². The van der Waals surface area contributed by atoms with Crippen molar-refractivity contribution >= 4 is 23.9 Å². The molecule has 1 aliphatic heterocycles. The van der Waals surface area contributed by atoms with Crippen LogP contribution in [0.2, 0.25) is 0 Å². The number of esters is 1. The summed E-state index contributed by atoms with van der Waals surface area (Å²) in [5, 5.41) is 0. The lowest BCUT2D eigenvalue weighted by atomic mass is 9.73. The van der Waals surface area contributed by atoms with Gasteiger partial charge in [-0.25, -0.2) is 13.6 Å². The van der Waals surface area contributed by atoms with Crippen LogP contribution in [-0.2, 0) is 14.3 Å². The van der Waals surface area contributed by atoms with Crippen molar-refractivity contribution in [2.45, 2.75) is 59.6 Å². The maximum Gasteiger partial charge on any atom is 0.410 e. The molecule has 0 radical (unpaired) electrons. The third-order valence-electron chi connectivity index (χ3n) is 5.26. The summed E-state index contributed by atoms with van der Waals surface area (Å²) in [6, 6.07) is 1.54. The second-order valence-electron chi connectivity index (χ2n) is 8.88. The molecule has 0 N–H and O–H groups in total. The number of likely N-dealkylation sites (tertiary alicyclic amines) is 1. The summed E-state index contributed by atoms with van der Waals surface area (Å²) in [4.78, 5) is 37.6. The summed E-state index contributed by atoms with van der Waals surface area (Å²) in [5.41, 5.74) is -1.84. The van der Waals surface area contributed by atoms with Crippen molar-refractivity contribution < 1.29 is 32.6 Å². The Bertz CT molecular complexity index is 906. The lowest BCUT2D eigenvalue weighted by Gasteiger charge is -2.52. The van der Waals surface area contributed by atoms with Gasteiger partial charge in [-0.1, -0.05) is 26.0 Å². The number of rotatable bonds is 6. The van der Waals surface area contributed by atoms with E-state index in [4.69, 9.17) is 9.47 Å². The van der Waals surface area contributed by atoms with Crippen LogP contribution in [0.4, 0.5) is 13.6 Å². The molecule has 1 saturated heterocycles. The topological polar surface area (TPSA) is 72.9 Å². The second kappa shape index (κ2) is 9.16. The number of hydrogen-bond acceptors (Lipinski definition) is 5. The molecular formula is C23H29F2NO5. The maximum atomic E-state index is 14.5. The molecule has 1 fully saturated rings. The summed E-state index contributed by atoms with van der Waals surface area (Å²) in [7, 11) is 0. The predicted molar refractivity (Wildman–Crippen MR) is 111 cm³/mol. The molecule has 2 unspecified atom stereocenters. The average molecular weight is 437 g/mol. The van der Waals surface area contributed by atoms with Crippen molar-refractivity contribution in [3.63, 3.8) is 0 Å². The molecule has 2 rings (SSSR count). The molecule has 1 amide bonds. The van der Waals surface area contributed by atoms with E-state index in [1.807, 2.05) is 13.8 Å². The van der Waals surface area contributed by atoms with Gasteiger partial charge in [0.25, 0.3) is 0 Å². The van der Waals surface area contributed by atoms with E-state index >= 15 is 0 Å². The largest absolute Gasteiger partial charge is 0.457 e. The Morgan fingerprint density at radius 3 is 2.39 bits per heavy atom. The van der Waals surface area contributed by atoms with Gasteiger partial charge < -0.3 is 14.4 Å². The molecule has 1 aliphatic rings. The zero-order valence-electron chi connectivity index (χ0n) is 18.8. The highest BCUT2D eigenvalue weighted by Crippen LogP contribution is 2.40. The smallest absolute Gasteiger partial charge is 0.410 e. The van der Waals surface area contributed by atoms with E-state index in [-0.39, 0.29) is 18.0 Å². The average Bonchev–Trinajstić information content (AvgIpc) is 2.68. The molecule has 31 heavy (non-hydrogen) atoms. The Morgan fingerprint density at radius 1 is 1.23 bits per heavy atom. The van der Waals surface area contributed by atoms with Crippen molar-refractivity contribution in [1.82, 2.24) is 4.90 Å². The number of amides is 1. The van der Waals surface area contributed by atoms with E-state index in [1.54, 1.807) is 38.7 Å². The van der Waals surface area contributed by atoms with Crippen molar-refractivity contribution in [2.75, 3.05) is 13.2 Å². The Morgan fingerprint density at radius 2 is 1.84 bits per heavy atom. The second-order valence-corrected chi connectivity index (χ2v) is 8.88. The molecule has 0 aliphatic carbocycles. The first-order chi connectivity index (χ1) is 14.3. The van der Waals surface area contributed by atoms with Gasteiger partial charge in [-0.3, -0.25) is 9.59 Å². The third-order valence-corrected chi connectivity index (χ3v) is 5.26. The first-order valence-corrected chi connectivity index (χ1v) is 10.1. The molecule has 0 bridgehead atoms. The normalized spacial score (nSPS) is 21.0. The highest BCUT2D eigenvalue weighted by molar-refractivity contribution is 6.01. The number of carbonyl (C=O) groups excluding carboxylic acids is 3. The van der Waals surface area contributed by atoms with Gasteiger partial charge in [0.15, 0.2) is 6.61 Å². The molecule has 1 aromatic carbocycles. The van der Waals surface area contributed by atoms with Gasteiger partial charge >= 0.3 is 12.1 Å². The van der Waals surface area contributed by atoms with Crippen LogP contribution >= 0.6 is 0 Å². The van der Waals surface area contributed by atoms with Gasteiger partial charge in [-0.15, -0.1) is 0 Å². The van der Waals surface area contributed by atoms with Crippen LogP contribution in [0.1, 0.15) is 63.9 Å². The fourth-order valence-electron chi connectivity index (χ4n) is 3.22. The maximum absolute atomic E-state index is 14.5. The lowest BCUT2D eigenvalue weighted by Crippen LogP contribution is -2.63. The first-order valence-electron chi connectivity index (χ1n) is 10.1. The minimum Gasteiger partial charge on any atom is -0.457 e. The number of nitrogens with zero attached hydrogens (tertiary/aromatic N) is 1. The van der Waals surface area contributed by atoms with Crippen LogP contribution in [0.15, 0.2) is 18.2 Å². The first kappa shape index (κ1) is 24.5. The van der Waals surface area contributed by atoms with Crippen LogP contribution in [0, 0.1) is 17.0 Å². The number of benzene rings is 1. The SMILES string of the molecule is CCC(=O)OCC(=O)c1c(F)ccc(F)c1C=CC1(C)CN(C(=O)OC(C)(C)C)C1C. The van der Waals surface area contributed by atoms with Crippen molar-refractivity contribution in [1.29, 1.82) is 0 Å². The minimum atomic E-state index is -0.902. The highest BCUT2D eigenvalue weighted by atomic mass is 19.1. The van der Waals surface area contributed by atoms with Gasteiger partial charge in [0.2, 0.25) is 5.78 Å². The number of carbonyl (C=O) groups is 3.